The van der Waals surface area contributed by atoms with Gasteiger partial charge in [-0.05, 0) is 44.2 Å². The van der Waals surface area contributed by atoms with E-state index in [1.807, 2.05) is 24.0 Å². The lowest BCUT2D eigenvalue weighted by molar-refractivity contribution is 0.142. The smallest absolute Gasteiger partial charge is 0.317 e. The van der Waals surface area contributed by atoms with Gasteiger partial charge < -0.3 is 15.0 Å². The quantitative estimate of drug-likeness (QED) is 0.693. The molecule has 27 heavy (non-hydrogen) atoms. The van der Waals surface area contributed by atoms with E-state index in [9.17, 15) is 4.79 Å². The van der Waals surface area contributed by atoms with Gasteiger partial charge in [0.2, 0.25) is 0 Å². The zero-order chi connectivity index (χ0) is 18.9. The molecule has 2 aromatic heterocycles. The van der Waals surface area contributed by atoms with Gasteiger partial charge in [0.05, 0.1) is 0 Å². The van der Waals surface area contributed by atoms with E-state index in [2.05, 4.69) is 25.5 Å². The molecule has 1 saturated heterocycles. The maximum Gasteiger partial charge on any atom is 0.317 e. The maximum absolute atomic E-state index is 12.2. The SMILES string of the molecule is CCOCCCNC(=O)N1CCC(Cc2nc(-c3ccncc3)n[nH]2)CC1. The van der Waals surface area contributed by atoms with Crippen LogP contribution < -0.4 is 5.32 Å². The minimum Gasteiger partial charge on any atom is -0.382 e. The molecule has 8 heteroatoms. The summed E-state index contributed by atoms with van der Waals surface area (Å²) in [4.78, 5) is 22.7. The minimum absolute atomic E-state index is 0.0320. The van der Waals surface area contributed by atoms with Gasteiger partial charge in [-0.2, -0.15) is 5.10 Å². The van der Waals surface area contributed by atoms with Crippen molar-refractivity contribution in [2.75, 3.05) is 32.8 Å². The number of piperidine rings is 1. The van der Waals surface area contributed by atoms with E-state index in [4.69, 9.17) is 4.74 Å². The lowest BCUT2D eigenvalue weighted by Crippen LogP contribution is -2.45. The van der Waals surface area contributed by atoms with Crippen molar-refractivity contribution in [2.45, 2.75) is 32.6 Å². The van der Waals surface area contributed by atoms with Crippen molar-refractivity contribution >= 4 is 6.03 Å². The number of likely N-dealkylation sites (tertiary alicyclic amines) is 1. The maximum atomic E-state index is 12.2. The van der Waals surface area contributed by atoms with E-state index in [-0.39, 0.29) is 6.03 Å². The number of nitrogens with one attached hydrogen (secondary N) is 2. The number of rotatable bonds is 8. The molecule has 3 rings (SSSR count). The van der Waals surface area contributed by atoms with Gasteiger partial charge in [-0.25, -0.2) is 9.78 Å². The van der Waals surface area contributed by atoms with Crippen LogP contribution in [0.15, 0.2) is 24.5 Å². The first-order valence-corrected chi connectivity index (χ1v) is 9.68. The van der Waals surface area contributed by atoms with Gasteiger partial charge in [-0.1, -0.05) is 0 Å². The van der Waals surface area contributed by atoms with E-state index < -0.39 is 0 Å². The standard InChI is InChI=1S/C19H28N6O2/c1-2-27-13-3-8-21-19(26)25-11-6-15(7-12-25)14-17-22-18(24-23-17)16-4-9-20-10-5-16/h4-5,9-10,15H,2-3,6-8,11-14H2,1H3,(H,21,26)(H,22,23,24). The Hall–Kier alpha value is -2.48. The van der Waals surface area contributed by atoms with E-state index in [0.29, 0.717) is 24.9 Å². The van der Waals surface area contributed by atoms with E-state index >= 15 is 0 Å². The molecule has 1 fully saturated rings. The van der Waals surface area contributed by atoms with Crippen LogP contribution >= 0.6 is 0 Å². The number of aromatic amines is 1. The number of carbonyl (C=O) groups is 1. The molecule has 8 nitrogen and oxygen atoms in total. The van der Waals surface area contributed by atoms with Crippen LogP contribution in [0.25, 0.3) is 11.4 Å². The van der Waals surface area contributed by atoms with Crippen LogP contribution in [0.5, 0.6) is 0 Å². The predicted octanol–water partition coefficient (Wildman–Crippen LogP) is 2.26. The number of hydrogen-bond donors (Lipinski definition) is 2. The second-order valence-corrected chi connectivity index (χ2v) is 6.76. The van der Waals surface area contributed by atoms with E-state index in [0.717, 1.165) is 56.8 Å². The van der Waals surface area contributed by atoms with Crippen LogP contribution in [-0.4, -0.2) is 63.9 Å². The first-order valence-electron chi connectivity index (χ1n) is 9.68. The Morgan fingerprint density at radius 3 is 2.85 bits per heavy atom. The van der Waals surface area contributed by atoms with E-state index in [1.54, 1.807) is 12.4 Å². The normalized spacial score (nSPS) is 15.1. The van der Waals surface area contributed by atoms with Crippen LogP contribution in [-0.2, 0) is 11.2 Å². The Morgan fingerprint density at radius 1 is 1.33 bits per heavy atom. The largest absolute Gasteiger partial charge is 0.382 e. The molecule has 0 radical (unpaired) electrons. The Labute approximate surface area is 159 Å². The Morgan fingerprint density at radius 2 is 2.11 bits per heavy atom. The highest BCUT2D eigenvalue weighted by atomic mass is 16.5. The van der Waals surface area contributed by atoms with Crippen molar-refractivity contribution in [1.82, 2.24) is 30.4 Å². The fourth-order valence-electron chi connectivity index (χ4n) is 3.26. The second-order valence-electron chi connectivity index (χ2n) is 6.76. The number of urea groups is 1. The minimum atomic E-state index is 0.0320. The van der Waals surface area contributed by atoms with Crippen molar-refractivity contribution < 1.29 is 9.53 Å². The van der Waals surface area contributed by atoms with Gasteiger partial charge >= 0.3 is 6.03 Å². The van der Waals surface area contributed by atoms with Crippen LogP contribution in [0.2, 0.25) is 0 Å². The summed E-state index contributed by atoms with van der Waals surface area (Å²) in [5.41, 5.74) is 0.961. The molecular weight excluding hydrogens is 344 g/mol. The number of nitrogens with zero attached hydrogens (tertiary/aromatic N) is 4. The van der Waals surface area contributed by atoms with Crippen molar-refractivity contribution in [1.29, 1.82) is 0 Å². The van der Waals surface area contributed by atoms with Gasteiger partial charge in [-0.3, -0.25) is 10.1 Å². The number of aromatic nitrogens is 4. The first-order chi connectivity index (χ1) is 13.3. The Bertz CT molecular complexity index is 697. The molecule has 0 saturated carbocycles. The molecule has 1 aliphatic rings. The third-order valence-corrected chi connectivity index (χ3v) is 4.80. The highest BCUT2D eigenvalue weighted by molar-refractivity contribution is 5.74. The number of carbonyl (C=O) groups excluding carboxylic acids is 1. The molecule has 3 heterocycles. The molecule has 2 aromatic rings. The van der Waals surface area contributed by atoms with Gasteiger partial charge in [0.1, 0.15) is 5.82 Å². The fraction of sp³-hybridized carbons (Fsp3) is 0.579. The summed E-state index contributed by atoms with van der Waals surface area (Å²) in [6.45, 7) is 5.62. The molecule has 0 aliphatic carbocycles. The summed E-state index contributed by atoms with van der Waals surface area (Å²) < 4.78 is 5.28. The molecule has 0 aromatic carbocycles. The average molecular weight is 372 g/mol. The highest BCUT2D eigenvalue weighted by Gasteiger charge is 2.23. The molecular formula is C19H28N6O2. The second kappa shape index (κ2) is 10.0. The summed E-state index contributed by atoms with van der Waals surface area (Å²) in [7, 11) is 0. The molecule has 2 N–H and O–H groups in total. The van der Waals surface area contributed by atoms with Crippen molar-refractivity contribution in [3.05, 3.63) is 30.4 Å². The Kier molecular flexibility index (Phi) is 7.15. The van der Waals surface area contributed by atoms with Crippen molar-refractivity contribution in [3.8, 4) is 11.4 Å². The summed E-state index contributed by atoms with van der Waals surface area (Å²) >= 11 is 0. The predicted molar refractivity (Wildman–Crippen MR) is 102 cm³/mol. The van der Waals surface area contributed by atoms with Crippen LogP contribution in [0, 0.1) is 5.92 Å². The summed E-state index contributed by atoms with van der Waals surface area (Å²) in [5, 5.41) is 10.3. The third kappa shape index (κ3) is 5.75. The van der Waals surface area contributed by atoms with Crippen LogP contribution in [0.4, 0.5) is 4.79 Å². The monoisotopic (exact) mass is 372 g/mol. The zero-order valence-corrected chi connectivity index (χ0v) is 15.9. The van der Waals surface area contributed by atoms with E-state index in [1.165, 1.54) is 0 Å². The fourth-order valence-corrected chi connectivity index (χ4v) is 3.26. The van der Waals surface area contributed by atoms with Gasteiger partial charge in [0.25, 0.3) is 0 Å². The average Bonchev–Trinajstić information content (AvgIpc) is 3.17. The number of H-pyrrole nitrogens is 1. The number of ether oxygens (including phenoxy) is 1. The zero-order valence-electron chi connectivity index (χ0n) is 15.9. The molecule has 0 spiro atoms. The van der Waals surface area contributed by atoms with Gasteiger partial charge in [0.15, 0.2) is 5.82 Å². The molecule has 0 unspecified atom stereocenters. The van der Waals surface area contributed by atoms with Gasteiger partial charge in [0, 0.05) is 57.2 Å². The number of hydrogen-bond acceptors (Lipinski definition) is 5. The molecule has 2 amide bonds. The Balaban J connectivity index is 1.39. The third-order valence-electron chi connectivity index (χ3n) is 4.80. The first kappa shape index (κ1) is 19.3. The summed E-state index contributed by atoms with van der Waals surface area (Å²) in [5.74, 6) is 2.13. The summed E-state index contributed by atoms with van der Waals surface area (Å²) in [6, 6.07) is 3.83. The lowest BCUT2D eigenvalue weighted by atomic mass is 9.93. The lowest BCUT2D eigenvalue weighted by Gasteiger charge is -2.31. The highest BCUT2D eigenvalue weighted by Crippen LogP contribution is 2.21. The molecule has 146 valence electrons. The number of amides is 2. The van der Waals surface area contributed by atoms with Crippen LogP contribution in [0.3, 0.4) is 0 Å². The number of pyridine rings is 1. The molecule has 0 bridgehead atoms. The van der Waals surface area contributed by atoms with Crippen molar-refractivity contribution in [2.24, 2.45) is 5.92 Å². The molecule has 1 aliphatic heterocycles. The summed E-state index contributed by atoms with van der Waals surface area (Å²) in [6.07, 6.45) is 7.16. The topological polar surface area (TPSA) is 96.0 Å². The molecule has 0 atom stereocenters. The van der Waals surface area contributed by atoms with Gasteiger partial charge in [-0.15, -0.1) is 0 Å². The van der Waals surface area contributed by atoms with Crippen LogP contribution in [0.1, 0.15) is 32.0 Å². The van der Waals surface area contributed by atoms with Crippen molar-refractivity contribution in [3.63, 3.8) is 0 Å².